The van der Waals surface area contributed by atoms with E-state index in [0.717, 1.165) is 49.7 Å². The summed E-state index contributed by atoms with van der Waals surface area (Å²) in [5.41, 5.74) is 1.10. The Morgan fingerprint density at radius 1 is 0.971 bits per heavy atom. The molecule has 0 spiro atoms. The normalized spacial score (nSPS) is 25.7. The predicted octanol–water partition coefficient (Wildman–Crippen LogP) is 4.23. The molecule has 6 nitrogen and oxygen atoms in total. The summed E-state index contributed by atoms with van der Waals surface area (Å²) < 4.78 is 0. The highest BCUT2D eigenvalue weighted by atomic mass is 16.2. The molecule has 2 aromatic rings. The van der Waals surface area contributed by atoms with Crippen molar-refractivity contribution in [3.63, 3.8) is 0 Å². The van der Waals surface area contributed by atoms with Gasteiger partial charge in [-0.15, -0.1) is 0 Å². The minimum Gasteiger partial charge on any atom is -0.322 e. The van der Waals surface area contributed by atoms with Gasteiger partial charge in [-0.1, -0.05) is 48.6 Å². The van der Waals surface area contributed by atoms with E-state index < -0.39 is 5.54 Å². The molecule has 3 aliphatic rings. The third-order valence-electron chi connectivity index (χ3n) is 8.02. The fraction of sp³-hybridized carbons (Fsp3) is 0.483. The Bertz CT molecular complexity index is 1030. The van der Waals surface area contributed by atoms with E-state index in [-0.39, 0.29) is 17.9 Å². The third kappa shape index (κ3) is 5.32. The monoisotopic (exact) mass is 472 g/mol. The van der Waals surface area contributed by atoms with Gasteiger partial charge in [0.1, 0.15) is 5.54 Å². The zero-order chi connectivity index (χ0) is 24.1. The lowest BCUT2D eigenvalue weighted by Gasteiger charge is -2.42. The van der Waals surface area contributed by atoms with E-state index in [0.29, 0.717) is 19.4 Å². The smallest absolute Gasteiger partial charge is 0.322 e. The van der Waals surface area contributed by atoms with Crippen LogP contribution in [0.4, 0.5) is 4.79 Å². The largest absolute Gasteiger partial charge is 0.325 e. The van der Waals surface area contributed by atoms with Crippen LogP contribution in [0.25, 0.3) is 0 Å². The zero-order valence-corrected chi connectivity index (χ0v) is 20.4. The van der Waals surface area contributed by atoms with Crippen molar-refractivity contribution in [3.8, 4) is 0 Å². The number of imide groups is 1. The fourth-order valence-electron chi connectivity index (χ4n) is 6.07. The molecule has 0 saturated carbocycles. The lowest BCUT2D eigenvalue weighted by molar-refractivity contribution is -0.134. The molecule has 2 aliphatic heterocycles. The molecule has 1 N–H and O–H groups in total. The van der Waals surface area contributed by atoms with Gasteiger partial charge in [-0.3, -0.25) is 14.7 Å². The molecule has 3 amide bonds. The highest BCUT2D eigenvalue weighted by molar-refractivity contribution is 6.07. The Labute approximate surface area is 208 Å². The molecule has 0 unspecified atom stereocenters. The van der Waals surface area contributed by atoms with E-state index in [1.807, 2.05) is 36.4 Å². The Morgan fingerprint density at radius 2 is 1.77 bits per heavy atom. The van der Waals surface area contributed by atoms with Crippen LogP contribution < -0.4 is 5.32 Å². The highest BCUT2D eigenvalue weighted by Crippen LogP contribution is 2.37. The van der Waals surface area contributed by atoms with Gasteiger partial charge in [-0.25, -0.2) is 4.79 Å². The van der Waals surface area contributed by atoms with E-state index in [2.05, 4.69) is 39.5 Å². The molecule has 5 rings (SSSR count). The average molecular weight is 473 g/mol. The number of urea groups is 1. The number of hydrogen-bond acceptors (Lipinski definition) is 4. The van der Waals surface area contributed by atoms with Gasteiger partial charge < -0.3 is 10.2 Å². The first-order valence-electron chi connectivity index (χ1n) is 13.1. The lowest BCUT2D eigenvalue weighted by atomic mass is 9.73. The molecular formula is C29H36N4O2. The quantitative estimate of drug-likeness (QED) is 0.461. The Balaban J connectivity index is 1.31. The topological polar surface area (TPSA) is 65.5 Å². The Kier molecular flexibility index (Phi) is 7.28. The number of nitrogens with one attached hydrogen (secondary N) is 1. The molecule has 3 heterocycles. The second-order valence-corrected chi connectivity index (χ2v) is 10.3. The molecule has 2 atom stereocenters. The van der Waals surface area contributed by atoms with Crippen molar-refractivity contribution in [1.82, 2.24) is 20.1 Å². The van der Waals surface area contributed by atoms with Gasteiger partial charge in [-0.2, -0.15) is 0 Å². The van der Waals surface area contributed by atoms with Gasteiger partial charge >= 0.3 is 6.03 Å². The van der Waals surface area contributed by atoms with Crippen LogP contribution in [-0.4, -0.2) is 58.4 Å². The first-order valence-corrected chi connectivity index (χ1v) is 13.1. The number of amides is 3. The van der Waals surface area contributed by atoms with Gasteiger partial charge in [0, 0.05) is 37.8 Å². The SMILES string of the molecule is O=C1N[C@](Cc2ccccc2)(C2CCN(C[C@@H]3CC=CCC3)CC2)C(=O)N1CCc1ccccn1. The van der Waals surface area contributed by atoms with E-state index in [1.54, 1.807) is 6.20 Å². The minimum atomic E-state index is -0.873. The highest BCUT2D eigenvalue weighted by Gasteiger charge is 2.55. The maximum Gasteiger partial charge on any atom is 0.325 e. The van der Waals surface area contributed by atoms with E-state index in [1.165, 1.54) is 24.2 Å². The van der Waals surface area contributed by atoms with Crippen LogP contribution in [0.2, 0.25) is 0 Å². The number of allylic oxidation sites excluding steroid dienone is 2. The predicted molar refractivity (Wildman–Crippen MR) is 137 cm³/mol. The van der Waals surface area contributed by atoms with E-state index >= 15 is 0 Å². The van der Waals surface area contributed by atoms with Crippen molar-refractivity contribution >= 4 is 11.9 Å². The second-order valence-electron chi connectivity index (χ2n) is 10.3. The summed E-state index contributed by atoms with van der Waals surface area (Å²) in [6, 6.07) is 15.6. The summed E-state index contributed by atoms with van der Waals surface area (Å²) in [7, 11) is 0. The number of carbonyl (C=O) groups excluding carboxylic acids is 2. The summed E-state index contributed by atoms with van der Waals surface area (Å²) in [4.78, 5) is 35.5. The van der Waals surface area contributed by atoms with Crippen LogP contribution in [-0.2, 0) is 17.6 Å². The van der Waals surface area contributed by atoms with Gasteiger partial charge in [0.2, 0.25) is 0 Å². The first kappa shape index (κ1) is 23.7. The summed E-state index contributed by atoms with van der Waals surface area (Å²) in [5.74, 6) is 0.796. The van der Waals surface area contributed by atoms with Crippen molar-refractivity contribution in [1.29, 1.82) is 0 Å². The molecule has 2 saturated heterocycles. The average Bonchev–Trinajstić information content (AvgIpc) is 3.14. The standard InChI is InChI=1S/C29H36N4O2/c34-27-29(21-23-9-3-1-4-10-23,31-28(35)33(27)20-16-26-13-7-8-17-30-26)25-14-18-32(19-15-25)22-24-11-5-2-6-12-24/h1-5,7-10,13,17,24-25H,6,11-12,14-16,18-22H2,(H,31,35)/t24-,29-/m1/s1. The number of rotatable bonds is 8. The lowest BCUT2D eigenvalue weighted by Crippen LogP contribution is -2.57. The van der Waals surface area contributed by atoms with Crippen molar-refractivity contribution in [2.45, 2.75) is 50.5 Å². The first-order chi connectivity index (χ1) is 17.1. The molecule has 35 heavy (non-hydrogen) atoms. The number of carbonyl (C=O) groups is 2. The zero-order valence-electron chi connectivity index (χ0n) is 20.4. The molecular weight excluding hydrogens is 436 g/mol. The number of aromatic nitrogens is 1. The van der Waals surface area contributed by atoms with Crippen LogP contribution in [0.15, 0.2) is 66.9 Å². The Morgan fingerprint density at radius 3 is 2.49 bits per heavy atom. The maximum atomic E-state index is 14.0. The molecule has 6 heteroatoms. The summed E-state index contributed by atoms with van der Waals surface area (Å²) in [6.45, 7) is 3.46. The summed E-state index contributed by atoms with van der Waals surface area (Å²) in [6.07, 6.45) is 13.0. The molecule has 184 valence electrons. The fourth-order valence-corrected chi connectivity index (χ4v) is 6.07. The van der Waals surface area contributed by atoms with Crippen LogP contribution in [0.5, 0.6) is 0 Å². The van der Waals surface area contributed by atoms with E-state index in [9.17, 15) is 9.59 Å². The number of hydrogen-bond donors (Lipinski definition) is 1. The van der Waals surface area contributed by atoms with Crippen molar-refractivity contribution in [2.24, 2.45) is 11.8 Å². The minimum absolute atomic E-state index is 0.0712. The summed E-state index contributed by atoms with van der Waals surface area (Å²) in [5, 5.41) is 3.21. The molecule has 0 bridgehead atoms. The van der Waals surface area contributed by atoms with Crippen LogP contribution in [0.1, 0.15) is 43.4 Å². The molecule has 1 aromatic heterocycles. The second kappa shape index (κ2) is 10.7. The van der Waals surface area contributed by atoms with Crippen LogP contribution in [0.3, 0.4) is 0 Å². The number of likely N-dealkylation sites (tertiary alicyclic amines) is 1. The molecule has 2 fully saturated rings. The van der Waals surface area contributed by atoms with Crippen molar-refractivity contribution in [2.75, 3.05) is 26.2 Å². The van der Waals surface area contributed by atoms with Crippen LogP contribution in [0, 0.1) is 11.8 Å². The number of nitrogens with zero attached hydrogens (tertiary/aromatic N) is 3. The van der Waals surface area contributed by atoms with Crippen LogP contribution >= 0.6 is 0 Å². The van der Waals surface area contributed by atoms with Gasteiger partial charge in [0.25, 0.3) is 5.91 Å². The number of piperidine rings is 1. The number of pyridine rings is 1. The maximum absolute atomic E-state index is 14.0. The number of benzene rings is 1. The summed E-state index contributed by atoms with van der Waals surface area (Å²) >= 11 is 0. The van der Waals surface area contributed by atoms with Gasteiger partial charge in [0.05, 0.1) is 0 Å². The van der Waals surface area contributed by atoms with Crippen molar-refractivity contribution in [3.05, 3.63) is 78.1 Å². The third-order valence-corrected chi connectivity index (χ3v) is 8.02. The van der Waals surface area contributed by atoms with Gasteiger partial charge in [-0.05, 0) is 74.7 Å². The molecule has 1 aliphatic carbocycles. The van der Waals surface area contributed by atoms with Gasteiger partial charge in [0.15, 0.2) is 0 Å². The molecule has 0 radical (unpaired) electrons. The van der Waals surface area contributed by atoms with Crippen molar-refractivity contribution < 1.29 is 9.59 Å². The van der Waals surface area contributed by atoms with E-state index in [4.69, 9.17) is 0 Å². The Hall–Kier alpha value is -2.99. The molecule has 1 aromatic carbocycles.